The van der Waals surface area contributed by atoms with Crippen molar-refractivity contribution in [1.82, 2.24) is 10.3 Å². The van der Waals surface area contributed by atoms with Crippen LogP contribution in [0.25, 0.3) is 11.3 Å². The Morgan fingerprint density at radius 1 is 1.02 bits per heavy atom. The van der Waals surface area contributed by atoms with Gasteiger partial charge < -0.3 is 24.6 Å². The van der Waals surface area contributed by atoms with Gasteiger partial charge in [0.15, 0.2) is 5.11 Å². The van der Waals surface area contributed by atoms with Crippen molar-refractivity contribution in [3.05, 3.63) is 100.0 Å². The van der Waals surface area contributed by atoms with E-state index in [4.69, 9.17) is 39.8 Å². The van der Waals surface area contributed by atoms with Crippen LogP contribution < -0.4 is 15.1 Å². The molecular formula is C32H30Cl2N4O3S. The summed E-state index contributed by atoms with van der Waals surface area (Å²) < 4.78 is 6.41. The molecule has 4 atom stereocenters. The average molecular weight is 622 g/mol. The molecule has 2 fully saturated rings. The number of carboxylic acids is 1. The van der Waals surface area contributed by atoms with Crippen molar-refractivity contribution < 1.29 is 14.3 Å². The molecule has 10 heteroatoms. The second-order valence-electron chi connectivity index (χ2n) is 11.2. The molecule has 0 amide bonds. The first-order valence-corrected chi connectivity index (χ1v) is 15.0. The number of carbonyl (C=O) groups is 1. The van der Waals surface area contributed by atoms with Gasteiger partial charge >= 0.3 is 5.97 Å². The highest BCUT2D eigenvalue weighted by Crippen LogP contribution is 2.45. The van der Waals surface area contributed by atoms with E-state index in [1.807, 2.05) is 41.3 Å². The standard InChI is InChI=1S/C32H30Cl2N4O3S/c1-18-13-19(2)17-37(16-18)26-9-7-21(15-24(26)34)38-30(29(36-32(38)42)25-5-3-4-12-35-25)28-11-10-27(41-28)22-14-20(31(39)40)6-8-23(22)33/h3-12,14-15,18-19,29-30H,13,16-17H2,1-2H3,(H,36,42)(H,39,40)/t18-,19-,29+,30+/m1/s1. The van der Waals surface area contributed by atoms with Gasteiger partial charge in [0, 0.05) is 30.5 Å². The van der Waals surface area contributed by atoms with E-state index in [0.717, 1.165) is 30.2 Å². The molecule has 4 aromatic rings. The third-order valence-electron chi connectivity index (χ3n) is 7.91. The topological polar surface area (TPSA) is 81.8 Å². The molecule has 0 spiro atoms. The van der Waals surface area contributed by atoms with E-state index in [-0.39, 0.29) is 11.6 Å². The van der Waals surface area contributed by atoms with Gasteiger partial charge in [-0.2, -0.15) is 0 Å². The number of carboxylic acid groups (broad SMARTS) is 1. The fraction of sp³-hybridized carbons (Fsp3) is 0.281. The molecule has 0 bridgehead atoms. The Labute approximate surface area is 260 Å². The monoisotopic (exact) mass is 620 g/mol. The van der Waals surface area contributed by atoms with Gasteiger partial charge in [-0.1, -0.05) is 43.1 Å². The number of rotatable bonds is 6. The van der Waals surface area contributed by atoms with Crippen molar-refractivity contribution in [3.63, 3.8) is 0 Å². The number of nitrogens with one attached hydrogen (secondary N) is 1. The highest BCUT2D eigenvalue weighted by atomic mass is 35.5. The Morgan fingerprint density at radius 3 is 2.50 bits per heavy atom. The van der Waals surface area contributed by atoms with Crippen molar-refractivity contribution in [2.24, 2.45) is 11.8 Å². The molecule has 216 valence electrons. The van der Waals surface area contributed by atoms with Gasteiger partial charge in [-0.15, -0.1) is 0 Å². The van der Waals surface area contributed by atoms with Crippen molar-refractivity contribution in [2.45, 2.75) is 32.4 Å². The van der Waals surface area contributed by atoms with Crippen LogP contribution >= 0.6 is 35.4 Å². The van der Waals surface area contributed by atoms with Gasteiger partial charge in [0.2, 0.25) is 0 Å². The number of hydrogen-bond acceptors (Lipinski definition) is 5. The molecule has 2 saturated heterocycles. The number of nitrogens with zero attached hydrogens (tertiary/aromatic N) is 3. The zero-order valence-corrected chi connectivity index (χ0v) is 25.5. The molecule has 4 heterocycles. The van der Waals surface area contributed by atoms with Gasteiger partial charge in [0.05, 0.1) is 33.0 Å². The second-order valence-corrected chi connectivity index (χ2v) is 12.4. The molecule has 0 aliphatic carbocycles. The number of aromatic carboxylic acids is 1. The minimum Gasteiger partial charge on any atom is -0.478 e. The summed E-state index contributed by atoms with van der Waals surface area (Å²) in [5.74, 6) is 1.23. The van der Waals surface area contributed by atoms with Crippen LogP contribution in [0.15, 0.2) is 77.3 Å². The number of anilines is 2. The number of hydrogen-bond donors (Lipinski definition) is 2. The van der Waals surface area contributed by atoms with Crippen LogP contribution in [0.3, 0.4) is 0 Å². The predicted molar refractivity (Wildman–Crippen MR) is 171 cm³/mol. The van der Waals surface area contributed by atoms with Crippen LogP contribution in [0, 0.1) is 11.8 Å². The van der Waals surface area contributed by atoms with Crippen LogP contribution in [0.1, 0.15) is 54.2 Å². The Bertz CT molecular complexity index is 1640. The van der Waals surface area contributed by atoms with Gasteiger partial charge in [-0.25, -0.2) is 4.79 Å². The molecule has 2 aromatic carbocycles. The Balaban J connectivity index is 1.40. The number of benzene rings is 2. The molecule has 2 aliphatic rings. The molecular weight excluding hydrogens is 591 g/mol. The van der Waals surface area contributed by atoms with Gasteiger partial charge in [0.25, 0.3) is 0 Å². The summed E-state index contributed by atoms with van der Waals surface area (Å²) in [5, 5.41) is 14.5. The van der Waals surface area contributed by atoms with E-state index in [0.29, 0.717) is 44.1 Å². The average Bonchev–Trinajstić information content (AvgIpc) is 3.57. The maximum absolute atomic E-state index is 11.6. The summed E-state index contributed by atoms with van der Waals surface area (Å²) in [7, 11) is 0. The van der Waals surface area contributed by atoms with Gasteiger partial charge in [-0.05, 0) is 91.1 Å². The number of halogens is 2. The lowest BCUT2D eigenvalue weighted by molar-refractivity contribution is 0.0697. The number of pyridine rings is 1. The zero-order valence-electron chi connectivity index (χ0n) is 23.1. The van der Waals surface area contributed by atoms with Crippen LogP contribution in [-0.2, 0) is 0 Å². The lowest BCUT2D eigenvalue weighted by Gasteiger charge is -2.37. The maximum Gasteiger partial charge on any atom is 0.335 e. The second kappa shape index (κ2) is 11.6. The summed E-state index contributed by atoms with van der Waals surface area (Å²) in [5.41, 5.74) is 3.26. The van der Waals surface area contributed by atoms with Crippen molar-refractivity contribution in [1.29, 1.82) is 0 Å². The third kappa shape index (κ3) is 5.46. The Kier molecular flexibility index (Phi) is 7.87. The van der Waals surface area contributed by atoms with E-state index in [1.165, 1.54) is 18.6 Å². The molecule has 42 heavy (non-hydrogen) atoms. The first kappa shape index (κ1) is 28.5. The largest absolute Gasteiger partial charge is 0.478 e. The van der Waals surface area contributed by atoms with Crippen LogP contribution in [0.2, 0.25) is 10.0 Å². The number of piperidine rings is 1. The van der Waals surface area contributed by atoms with E-state index in [2.05, 4.69) is 35.1 Å². The summed E-state index contributed by atoms with van der Waals surface area (Å²) in [6.07, 6.45) is 2.96. The highest BCUT2D eigenvalue weighted by molar-refractivity contribution is 7.80. The van der Waals surface area contributed by atoms with Gasteiger partial charge in [0.1, 0.15) is 17.6 Å². The summed E-state index contributed by atoms with van der Waals surface area (Å²) in [6, 6.07) is 19.3. The lowest BCUT2D eigenvalue weighted by Crippen LogP contribution is -2.38. The fourth-order valence-corrected chi connectivity index (χ4v) is 7.04. The third-order valence-corrected chi connectivity index (χ3v) is 8.86. The molecule has 6 rings (SSSR count). The minimum atomic E-state index is -1.04. The molecule has 7 nitrogen and oxygen atoms in total. The summed E-state index contributed by atoms with van der Waals surface area (Å²) in [6.45, 7) is 6.51. The van der Waals surface area contributed by atoms with Crippen molar-refractivity contribution in [3.8, 4) is 11.3 Å². The van der Waals surface area contributed by atoms with Crippen molar-refractivity contribution in [2.75, 3.05) is 22.9 Å². The normalized spacial score (nSPS) is 22.3. The first-order chi connectivity index (χ1) is 20.2. The van der Waals surface area contributed by atoms with Crippen LogP contribution in [0.5, 0.6) is 0 Å². The van der Waals surface area contributed by atoms with Crippen molar-refractivity contribution >= 4 is 57.9 Å². The SMILES string of the molecule is C[C@@H]1C[C@@H](C)CN(c2ccc(N3C(=S)N[C@@H](c4ccccn4)[C@@H]3c3ccc(-c4cc(C(=O)O)ccc4Cl)o3)cc2Cl)C1. The Hall–Kier alpha value is -3.59. The molecule has 2 aromatic heterocycles. The number of aromatic nitrogens is 1. The van der Waals surface area contributed by atoms with Gasteiger partial charge in [-0.3, -0.25) is 4.98 Å². The molecule has 2 aliphatic heterocycles. The lowest BCUT2D eigenvalue weighted by atomic mass is 9.91. The molecule has 0 radical (unpaired) electrons. The quantitative estimate of drug-likeness (QED) is 0.210. The minimum absolute atomic E-state index is 0.122. The summed E-state index contributed by atoms with van der Waals surface area (Å²) >= 11 is 19.3. The maximum atomic E-state index is 11.6. The van der Waals surface area contributed by atoms with E-state index < -0.39 is 12.0 Å². The van der Waals surface area contributed by atoms with E-state index in [9.17, 15) is 9.90 Å². The number of thiocarbonyl (C=S) groups is 1. The Morgan fingerprint density at radius 2 is 1.81 bits per heavy atom. The fourth-order valence-electron chi connectivity index (χ4n) is 6.19. The molecule has 0 unspecified atom stereocenters. The highest BCUT2D eigenvalue weighted by Gasteiger charge is 2.43. The smallest absolute Gasteiger partial charge is 0.335 e. The van der Waals surface area contributed by atoms with Crippen LogP contribution in [0.4, 0.5) is 11.4 Å². The molecule has 0 saturated carbocycles. The zero-order chi connectivity index (χ0) is 29.5. The first-order valence-electron chi connectivity index (χ1n) is 13.9. The molecule has 2 N–H and O–H groups in total. The number of furan rings is 1. The summed E-state index contributed by atoms with van der Waals surface area (Å²) in [4.78, 5) is 20.6. The predicted octanol–water partition coefficient (Wildman–Crippen LogP) is 8.01. The van der Waals surface area contributed by atoms with E-state index >= 15 is 0 Å². The van der Waals surface area contributed by atoms with Crippen LogP contribution in [-0.4, -0.2) is 34.3 Å². The van der Waals surface area contributed by atoms with E-state index in [1.54, 1.807) is 18.3 Å².